The Bertz CT molecular complexity index is 679. The van der Waals surface area contributed by atoms with Gasteiger partial charge in [0.15, 0.2) is 0 Å². The number of pyridine rings is 1. The zero-order valence-corrected chi connectivity index (χ0v) is 10.8. The van der Waals surface area contributed by atoms with Crippen LogP contribution in [0.15, 0.2) is 48.7 Å². The molecule has 0 fully saturated rings. The number of halogens is 1. The van der Waals surface area contributed by atoms with Gasteiger partial charge >= 0.3 is 5.97 Å². The van der Waals surface area contributed by atoms with Gasteiger partial charge in [0.05, 0.1) is 5.56 Å². The number of rotatable bonds is 4. The van der Waals surface area contributed by atoms with Crippen molar-refractivity contribution in [1.82, 2.24) is 4.98 Å². The van der Waals surface area contributed by atoms with Gasteiger partial charge in [-0.15, -0.1) is 0 Å². The number of nitrogens with zero attached hydrogens (tertiary/aromatic N) is 1. The first-order chi connectivity index (χ1) is 10.0. The van der Waals surface area contributed by atoms with E-state index in [2.05, 4.69) is 10.3 Å². The lowest BCUT2D eigenvalue weighted by Gasteiger charge is -2.05. The zero-order valence-electron chi connectivity index (χ0n) is 10.8. The lowest BCUT2D eigenvalue weighted by Crippen LogP contribution is -2.12. The number of hydrogen-bond donors (Lipinski definition) is 2. The predicted molar refractivity (Wildman–Crippen MR) is 75.3 cm³/mol. The molecule has 0 aliphatic carbocycles. The molecule has 2 rings (SSSR count). The Morgan fingerprint density at radius 1 is 1.14 bits per heavy atom. The molecule has 2 aromatic rings. The van der Waals surface area contributed by atoms with Crippen molar-refractivity contribution in [1.29, 1.82) is 0 Å². The van der Waals surface area contributed by atoms with Crippen molar-refractivity contribution < 1.29 is 19.1 Å². The summed E-state index contributed by atoms with van der Waals surface area (Å²) in [5.41, 5.74) is 1.47. The van der Waals surface area contributed by atoms with Gasteiger partial charge in [-0.2, -0.15) is 4.39 Å². The van der Waals surface area contributed by atoms with Gasteiger partial charge in [0, 0.05) is 18.0 Å². The number of aromatic nitrogens is 1. The van der Waals surface area contributed by atoms with Crippen molar-refractivity contribution in [2.24, 2.45) is 0 Å². The Morgan fingerprint density at radius 2 is 1.86 bits per heavy atom. The smallest absolute Gasteiger partial charge is 0.328 e. The fourth-order valence-electron chi connectivity index (χ4n) is 1.56. The van der Waals surface area contributed by atoms with Crippen molar-refractivity contribution >= 4 is 23.6 Å². The molecule has 21 heavy (non-hydrogen) atoms. The maximum absolute atomic E-state index is 12.7. The van der Waals surface area contributed by atoms with E-state index in [-0.39, 0.29) is 5.56 Å². The van der Waals surface area contributed by atoms with Crippen molar-refractivity contribution in [3.63, 3.8) is 0 Å². The van der Waals surface area contributed by atoms with E-state index in [1.54, 1.807) is 24.3 Å². The molecule has 2 N–H and O–H groups in total. The predicted octanol–water partition coefficient (Wildman–Crippen LogP) is 2.57. The third-order valence-corrected chi connectivity index (χ3v) is 2.58. The first-order valence-corrected chi connectivity index (χ1v) is 5.98. The van der Waals surface area contributed by atoms with Crippen molar-refractivity contribution in [2.75, 3.05) is 5.32 Å². The monoisotopic (exact) mass is 286 g/mol. The van der Waals surface area contributed by atoms with Crippen LogP contribution in [0.2, 0.25) is 0 Å². The fraction of sp³-hybridized carbons (Fsp3) is 0. The number of benzene rings is 1. The summed E-state index contributed by atoms with van der Waals surface area (Å²) in [6, 6.07) is 9.04. The van der Waals surface area contributed by atoms with E-state index in [4.69, 9.17) is 5.11 Å². The number of carboxylic acids is 1. The molecule has 106 valence electrons. The first kappa shape index (κ1) is 14.4. The summed E-state index contributed by atoms with van der Waals surface area (Å²) < 4.78 is 12.7. The van der Waals surface area contributed by atoms with Crippen LogP contribution in [-0.2, 0) is 4.79 Å². The van der Waals surface area contributed by atoms with Crippen LogP contribution in [0.3, 0.4) is 0 Å². The van der Waals surface area contributed by atoms with Crippen molar-refractivity contribution in [3.8, 4) is 0 Å². The van der Waals surface area contributed by atoms with Crippen LogP contribution in [0.4, 0.5) is 10.1 Å². The molecule has 1 aromatic carbocycles. The minimum atomic E-state index is -1.03. The summed E-state index contributed by atoms with van der Waals surface area (Å²) in [6.07, 6.45) is 3.62. The molecule has 5 nitrogen and oxygen atoms in total. The molecular weight excluding hydrogens is 275 g/mol. The minimum absolute atomic E-state index is 0.242. The second-order valence-corrected chi connectivity index (χ2v) is 4.12. The van der Waals surface area contributed by atoms with Gasteiger partial charge in [0.1, 0.15) is 0 Å². The van der Waals surface area contributed by atoms with E-state index in [0.29, 0.717) is 11.3 Å². The fourth-order valence-corrected chi connectivity index (χ4v) is 1.56. The van der Waals surface area contributed by atoms with E-state index < -0.39 is 17.8 Å². The minimum Gasteiger partial charge on any atom is -0.478 e. The second kappa shape index (κ2) is 6.42. The summed E-state index contributed by atoms with van der Waals surface area (Å²) in [5, 5.41) is 11.1. The average Bonchev–Trinajstić information content (AvgIpc) is 2.47. The quantitative estimate of drug-likeness (QED) is 0.668. The van der Waals surface area contributed by atoms with Gasteiger partial charge in [0.25, 0.3) is 5.91 Å². The molecule has 0 unspecified atom stereocenters. The van der Waals surface area contributed by atoms with Gasteiger partial charge < -0.3 is 10.4 Å². The lowest BCUT2D eigenvalue weighted by molar-refractivity contribution is -0.131. The van der Waals surface area contributed by atoms with Gasteiger partial charge in [-0.25, -0.2) is 9.78 Å². The van der Waals surface area contributed by atoms with Crippen LogP contribution in [0.5, 0.6) is 0 Å². The summed E-state index contributed by atoms with van der Waals surface area (Å²) in [7, 11) is 0. The molecule has 1 heterocycles. The van der Waals surface area contributed by atoms with Gasteiger partial charge in [-0.1, -0.05) is 12.1 Å². The number of nitrogens with one attached hydrogen (secondary N) is 1. The highest BCUT2D eigenvalue weighted by Crippen LogP contribution is 2.12. The Balaban J connectivity index is 2.04. The summed E-state index contributed by atoms with van der Waals surface area (Å²) in [4.78, 5) is 25.7. The Labute approximate surface area is 119 Å². The number of carboxylic acid groups (broad SMARTS) is 1. The third kappa shape index (κ3) is 4.24. The largest absolute Gasteiger partial charge is 0.478 e. The normalized spacial score (nSPS) is 10.5. The Kier molecular flexibility index (Phi) is 4.40. The number of aliphatic carboxylic acids is 1. The van der Waals surface area contributed by atoms with Crippen LogP contribution >= 0.6 is 0 Å². The molecule has 0 aliphatic heterocycles. The molecule has 0 atom stereocenters. The topological polar surface area (TPSA) is 79.3 Å². The molecule has 1 aromatic heterocycles. The van der Waals surface area contributed by atoms with Crippen LogP contribution in [0.25, 0.3) is 6.08 Å². The molecule has 0 aliphatic rings. The maximum atomic E-state index is 12.7. The van der Waals surface area contributed by atoms with E-state index in [1.807, 2.05) is 0 Å². The molecule has 1 amide bonds. The van der Waals surface area contributed by atoms with Gasteiger partial charge in [-0.3, -0.25) is 4.79 Å². The number of hydrogen-bond acceptors (Lipinski definition) is 3. The number of amides is 1. The zero-order chi connectivity index (χ0) is 15.2. The molecule has 0 bridgehead atoms. The van der Waals surface area contributed by atoms with Crippen LogP contribution in [0.1, 0.15) is 15.9 Å². The number of anilines is 1. The third-order valence-electron chi connectivity index (χ3n) is 2.58. The summed E-state index contributed by atoms with van der Waals surface area (Å²) in [5.74, 6) is -2.09. The SMILES string of the molecule is O=C(O)/C=C/c1ccc(NC(=O)c2ccc(F)nc2)cc1. The van der Waals surface area contributed by atoms with Gasteiger partial charge in [0.2, 0.25) is 5.95 Å². The molecule has 0 spiro atoms. The molecule has 0 radical (unpaired) electrons. The van der Waals surface area contributed by atoms with Crippen molar-refractivity contribution in [3.05, 3.63) is 65.7 Å². The van der Waals surface area contributed by atoms with Crippen LogP contribution in [0, 0.1) is 5.95 Å². The molecule has 6 heteroatoms. The van der Waals surface area contributed by atoms with E-state index >= 15 is 0 Å². The second-order valence-electron chi connectivity index (χ2n) is 4.12. The van der Waals surface area contributed by atoms with E-state index in [0.717, 1.165) is 18.3 Å². The first-order valence-electron chi connectivity index (χ1n) is 5.98. The van der Waals surface area contributed by atoms with E-state index in [1.165, 1.54) is 12.1 Å². The number of carbonyl (C=O) groups excluding carboxylic acids is 1. The van der Waals surface area contributed by atoms with E-state index in [9.17, 15) is 14.0 Å². The highest BCUT2D eigenvalue weighted by molar-refractivity contribution is 6.04. The summed E-state index contributed by atoms with van der Waals surface area (Å²) in [6.45, 7) is 0. The highest BCUT2D eigenvalue weighted by atomic mass is 19.1. The summed E-state index contributed by atoms with van der Waals surface area (Å²) >= 11 is 0. The Morgan fingerprint density at radius 3 is 2.43 bits per heavy atom. The van der Waals surface area contributed by atoms with Gasteiger partial charge in [-0.05, 0) is 35.9 Å². The van der Waals surface area contributed by atoms with Crippen LogP contribution in [-0.4, -0.2) is 22.0 Å². The lowest BCUT2D eigenvalue weighted by atomic mass is 10.2. The average molecular weight is 286 g/mol. The van der Waals surface area contributed by atoms with Crippen LogP contribution < -0.4 is 5.32 Å². The molecular formula is C15H11FN2O3. The Hall–Kier alpha value is -3.02. The molecule has 0 saturated carbocycles. The molecule has 0 saturated heterocycles. The highest BCUT2D eigenvalue weighted by Gasteiger charge is 2.06. The van der Waals surface area contributed by atoms with Crippen molar-refractivity contribution in [2.45, 2.75) is 0 Å². The maximum Gasteiger partial charge on any atom is 0.328 e. The standard InChI is InChI=1S/C15H11FN2O3/c16-13-7-4-11(9-17-13)15(21)18-12-5-1-10(2-6-12)3-8-14(19)20/h1-9H,(H,18,21)(H,19,20)/b8-3+. The number of carbonyl (C=O) groups is 2.